The Bertz CT molecular complexity index is 884. The van der Waals surface area contributed by atoms with Gasteiger partial charge in [0.15, 0.2) is 0 Å². The van der Waals surface area contributed by atoms with Crippen LogP contribution in [-0.2, 0) is 11.2 Å². The molecule has 2 N–H and O–H groups in total. The average Bonchev–Trinajstić information content (AvgIpc) is 2.76. The highest BCUT2D eigenvalue weighted by atomic mass is 35.5. The van der Waals surface area contributed by atoms with E-state index in [9.17, 15) is 9.90 Å². The topological polar surface area (TPSA) is 53.1 Å². The number of aliphatic carboxylic acids is 1. The first-order valence-electron chi connectivity index (χ1n) is 6.74. The number of carboxylic acids is 1. The monoisotopic (exact) mass is 333 g/mol. The Morgan fingerprint density at radius 2 is 2.00 bits per heavy atom. The molecule has 0 aliphatic rings. The smallest absolute Gasteiger partial charge is 0.307 e. The second-order valence-electron chi connectivity index (χ2n) is 5.23. The van der Waals surface area contributed by atoms with E-state index in [-0.39, 0.29) is 6.42 Å². The predicted octanol–water partition coefficient (Wildman–Crippen LogP) is 5.08. The Labute approximate surface area is 137 Å². The lowest BCUT2D eigenvalue weighted by molar-refractivity contribution is -0.136. The third-order valence-electron chi connectivity index (χ3n) is 3.55. The lowest BCUT2D eigenvalue weighted by Gasteiger charge is -2.04. The highest BCUT2D eigenvalue weighted by molar-refractivity contribution is 6.39. The molecule has 0 aliphatic heterocycles. The van der Waals surface area contributed by atoms with Crippen LogP contribution in [0.3, 0.4) is 0 Å². The van der Waals surface area contributed by atoms with Crippen LogP contribution in [0.1, 0.15) is 11.1 Å². The maximum atomic E-state index is 11.3. The van der Waals surface area contributed by atoms with Gasteiger partial charge < -0.3 is 10.1 Å². The molecule has 0 saturated carbocycles. The van der Waals surface area contributed by atoms with Crippen LogP contribution >= 0.6 is 23.2 Å². The summed E-state index contributed by atoms with van der Waals surface area (Å²) in [5.74, 6) is -0.902. The molecule has 1 heterocycles. The molecule has 0 atom stereocenters. The summed E-state index contributed by atoms with van der Waals surface area (Å²) < 4.78 is 0. The Morgan fingerprint density at radius 1 is 1.23 bits per heavy atom. The molecule has 0 radical (unpaired) electrons. The van der Waals surface area contributed by atoms with Crippen LogP contribution in [-0.4, -0.2) is 16.1 Å². The summed E-state index contributed by atoms with van der Waals surface area (Å²) in [6.45, 7) is 1.99. The molecular weight excluding hydrogens is 321 g/mol. The molecular formula is C17H13Cl2NO2. The number of carboxylic acid groups (broad SMARTS) is 1. The summed E-state index contributed by atoms with van der Waals surface area (Å²) in [4.78, 5) is 14.5. The number of rotatable bonds is 3. The normalized spacial score (nSPS) is 11.0. The van der Waals surface area contributed by atoms with Gasteiger partial charge in [-0.2, -0.15) is 0 Å². The van der Waals surface area contributed by atoms with Crippen LogP contribution in [0.15, 0.2) is 36.4 Å². The van der Waals surface area contributed by atoms with Gasteiger partial charge in [0.1, 0.15) is 0 Å². The van der Waals surface area contributed by atoms with Gasteiger partial charge >= 0.3 is 5.97 Å². The Morgan fingerprint density at radius 3 is 2.68 bits per heavy atom. The first-order chi connectivity index (χ1) is 10.5. The second-order valence-corrected chi connectivity index (χ2v) is 6.07. The van der Waals surface area contributed by atoms with E-state index < -0.39 is 5.97 Å². The van der Waals surface area contributed by atoms with Gasteiger partial charge in [-0.25, -0.2) is 0 Å². The van der Waals surface area contributed by atoms with Crippen LogP contribution in [0.25, 0.3) is 22.2 Å². The molecule has 0 amide bonds. The minimum absolute atomic E-state index is 0.107. The molecule has 0 spiro atoms. The Kier molecular flexibility index (Phi) is 3.85. The van der Waals surface area contributed by atoms with Crippen molar-refractivity contribution in [2.24, 2.45) is 0 Å². The van der Waals surface area contributed by atoms with E-state index in [4.69, 9.17) is 23.2 Å². The van der Waals surface area contributed by atoms with Crippen LogP contribution in [0, 0.1) is 6.92 Å². The van der Waals surface area contributed by atoms with Crippen LogP contribution in [0.5, 0.6) is 0 Å². The molecule has 0 bridgehead atoms. The summed E-state index contributed by atoms with van der Waals surface area (Å²) in [6, 6.07) is 11.3. The van der Waals surface area contributed by atoms with E-state index >= 15 is 0 Å². The molecule has 112 valence electrons. The van der Waals surface area contributed by atoms with E-state index in [1.54, 1.807) is 12.1 Å². The number of carbonyl (C=O) groups is 1. The van der Waals surface area contributed by atoms with Gasteiger partial charge in [-0.3, -0.25) is 4.79 Å². The predicted molar refractivity (Wildman–Crippen MR) is 89.8 cm³/mol. The van der Waals surface area contributed by atoms with E-state index in [1.165, 1.54) is 0 Å². The van der Waals surface area contributed by atoms with Crippen LogP contribution in [0.2, 0.25) is 10.0 Å². The molecule has 0 fully saturated rings. The molecule has 2 aromatic carbocycles. The first kappa shape index (κ1) is 14.9. The lowest BCUT2D eigenvalue weighted by atomic mass is 10.0. The molecule has 22 heavy (non-hydrogen) atoms. The Balaban J connectivity index is 2.33. The lowest BCUT2D eigenvalue weighted by Crippen LogP contribution is -2.01. The van der Waals surface area contributed by atoms with Crippen molar-refractivity contribution < 1.29 is 9.90 Å². The molecule has 1 aromatic heterocycles. The molecule has 3 rings (SSSR count). The van der Waals surface area contributed by atoms with Crippen molar-refractivity contribution in [3.63, 3.8) is 0 Å². The van der Waals surface area contributed by atoms with E-state index in [1.807, 2.05) is 31.2 Å². The van der Waals surface area contributed by atoms with Gasteiger partial charge in [0, 0.05) is 15.9 Å². The molecule has 0 aliphatic carbocycles. The van der Waals surface area contributed by atoms with Crippen molar-refractivity contribution in [3.05, 3.63) is 57.6 Å². The molecule has 3 aromatic rings. The van der Waals surface area contributed by atoms with Gasteiger partial charge in [-0.05, 0) is 36.2 Å². The number of H-pyrrole nitrogens is 1. The Hall–Kier alpha value is -1.97. The number of aromatic amines is 1. The van der Waals surface area contributed by atoms with Gasteiger partial charge in [0.2, 0.25) is 0 Å². The van der Waals surface area contributed by atoms with Crippen molar-refractivity contribution in [2.45, 2.75) is 13.3 Å². The standard InChI is InChI=1S/C17H13Cl2NO2/c1-9-3-2-4-10(5-9)17-12(8-15(21)22)16-13(19)6-11(18)7-14(16)20-17/h2-7,20H,8H2,1H3,(H,21,22). The highest BCUT2D eigenvalue weighted by Gasteiger charge is 2.18. The number of benzene rings is 2. The van der Waals surface area contributed by atoms with E-state index in [0.29, 0.717) is 21.0 Å². The van der Waals surface area contributed by atoms with Gasteiger partial charge in [0.25, 0.3) is 0 Å². The quantitative estimate of drug-likeness (QED) is 0.702. The number of nitrogens with one attached hydrogen (secondary N) is 1. The largest absolute Gasteiger partial charge is 0.481 e. The van der Waals surface area contributed by atoms with Gasteiger partial charge in [0.05, 0.1) is 17.1 Å². The fraction of sp³-hybridized carbons (Fsp3) is 0.118. The van der Waals surface area contributed by atoms with Crippen molar-refractivity contribution in [1.29, 1.82) is 0 Å². The second kappa shape index (κ2) is 5.67. The third-order valence-corrected chi connectivity index (χ3v) is 4.07. The summed E-state index contributed by atoms with van der Waals surface area (Å²) in [6.07, 6.45) is -0.107. The number of hydrogen-bond donors (Lipinski definition) is 2. The van der Waals surface area contributed by atoms with Crippen molar-refractivity contribution in [1.82, 2.24) is 4.98 Å². The fourth-order valence-corrected chi connectivity index (χ4v) is 3.30. The van der Waals surface area contributed by atoms with Gasteiger partial charge in [-0.15, -0.1) is 0 Å². The fourth-order valence-electron chi connectivity index (χ4n) is 2.69. The van der Waals surface area contributed by atoms with Crippen molar-refractivity contribution >= 4 is 40.1 Å². The van der Waals surface area contributed by atoms with Crippen LogP contribution < -0.4 is 0 Å². The third kappa shape index (κ3) is 2.70. The zero-order valence-corrected chi connectivity index (χ0v) is 13.3. The van der Waals surface area contributed by atoms with E-state index in [2.05, 4.69) is 4.98 Å². The maximum absolute atomic E-state index is 11.3. The number of halogens is 2. The van der Waals surface area contributed by atoms with Crippen molar-refractivity contribution in [3.8, 4) is 11.3 Å². The maximum Gasteiger partial charge on any atom is 0.307 e. The summed E-state index contributed by atoms with van der Waals surface area (Å²) >= 11 is 12.3. The summed E-state index contributed by atoms with van der Waals surface area (Å²) in [7, 11) is 0. The molecule has 5 heteroatoms. The minimum atomic E-state index is -0.902. The average molecular weight is 334 g/mol. The number of aromatic nitrogens is 1. The molecule has 0 saturated heterocycles. The zero-order chi connectivity index (χ0) is 15.9. The summed E-state index contributed by atoms with van der Waals surface area (Å²) in [5, 5.41) is 10.9. The number of fused-ring (bicyclic) bond motifs is 1. The first-order valence-corrected chi connectivity index (χ1v) is 7.49. The molecule has 0 unspecified atom stereocenters. The van der Waals surface area contributed by atoms with Crippen LogP contribution in [0.4, 0.5) is 0 Å². The molecule has 3 nitrogen and oxygen atoms in total. The van der Waals surface area contributed by atoms with Gasteiger partial charge in [-0.1, -0.05) is 47.0 Å². The van der Waals surface area contributed by atoms with Crippen molar-refractivity contribution in [2.75, 3.05) is 0 Å². The highest BCUT2D eigenvalue weighted by Crippen LogP contribution is 2.37. The summed E-state index contributed by atoms with van der Waals surface area (Å²) in [5.41, 5.74) is 4.21. The number of hydrogen-bond acceptors (Lipinski definition) is 1. The minimum Gasteiger partial charge on any atom is -0.481 e. The zero-order valence-electron chi connectivity index (χ0n) is 11.8. The SMILES string of the molecule is Cc1cccc(-c2[nH]c3cc(Cl)cc(Cl)c3c2CC(=O)O)c1. The van der Waals surface area contributed by atoms with E-state index in [0.717, 1.165) is 22.3 Å². The number of aryl methyl sites for hydroxylation is 1.